The number of nitriles is 1. The lowest BCUT2D eigenvalue weighted by Gasteiger charge is -2.00. The molecule has 2 aromatic carbocycles. The quantitative estimate of drug-likeness (QED) is 0.531. The first-order chi connectivity index (χ1) is 13.2. The van der Waals surface area contributed by atoms with Gasteiger partial charge in [0.1, 0.15) is 5.01 Å². The molecule has 0 saturated carbocycles. The number of hydrogen-bond donors (Lipinski definition) is 1. The smallest absolute Gasteiger partial charge is 0.335 e. The van der Waals surface area contributed by atoms with Crippen molar-refractivity contribution in [2.75, 3.05) is 0 Å². The van der Waals surface area contributed by atoms with Gasteiger partial charge in [-0.1, -0.05) is 30.3 Å². The van der Waals surface area contributed by atoms with Gasteiger partial charge in [0.2, 0.25) is 0 Å². The Balaban J connectivity index is 1.77. The fourth-order valence-corrected chi connectivity index (χ4v) is 3.94. The standard InChI is InChI=1S/C21H15N3O2S/c22-9-4-10-24-12-17(16-7-1-2-8-19(16)24)18-13-27-20(23-18)14-5-3-6-15(11-14)21(25)26/h1-3,5-8,11-13H,4,10H2,(H,25,26). The van der Waals surface area contributed by atoms with Crippen LogP contribution in [0.5, 0.6) is 0 Å². The molecule has 132 valence electrons. The van der Waals surface area contributed by atoms with Crippen LogP contribution in [0.15, 0.2) is 60.1 Å². The van der Waals surface area contributed by atoms with Crippen LogP contribution < -0.4 is 0 Å². The Kier molecular flexibility index (Phi) is 4.45. The van der Waals surface area contributed by atoms with Crippen LogP contribution in [0.3, 0.4) is 0 Å². The summed E-state index contributed by atoms with van der Waals surface area (Å²) < 4.78 is 2.08. The highest BCUT2D eigenvalue weighted by molar-refractivity contribution is 7.13. The van der Waals surface area contributed by atoms with Gasteiger partial charge in [-0.3, -0.25) is 0 Å². The third kappa shape index (κ3) is 3.21. The van der Waals surface area contributed by atoms with Crippen LogP contribution in [-0.2, 0) is 6.54 Å². The summed E-state index contributed by atoms with van der Waals surface area (Å²) in [7, 11) is 0. The predicted octanol–water partition coefficient (Wildman–Crippen LogP) is 5.04. The maximum atomic E-state index is 11.2. The lowest BCUT2D eigenvalue weighted by molar-refractivity contribution is 0.0697. The van der Waals surface area contributed by atoms with Crippen LogP contribution in [0.2, 0.25) is 0 Å². The summed E-state index contributed by atoms with van der Waals surface area (Å²) in [6, 6.07) is 17.1. The average Bonchev–Trinajstić information content (AvgIpc) is 3.31. The molecule has 27 heavy (non-hydrogen) atoms. The topological polar surface area (TPSA) is 78.9 Å². The van der Waals surface area contributed by atoms with Crippen LogP contribution in [0.1, 0.15) is 16.8 Å². The zero-order chi connectivity index (χ0) is 18.8. The number of para-hydroxylation sites is 1. The van der Waals surface area contributed by atoms with Crippen molar-refractivity contribution in [1.82, 2.24) is 9.55 Å². The summed E-state index contributed by atoms with van der Waals surface area (Å²) in [4.78, 5) is 15.9. The molecule has 0 bridgehead atoms. The van der Waals surface area contributed by atoms with Gasteiger partial charge in [-0.2, -0.15) is 5.26 Å². The number of aromatic carboxylic acids is 1. The van der Waals surface area contributed by atoms with E-state index in [0.717, 1.165) is 32.7 Å². The fraction of sp³-hybridized carbons (Fsp3) is 0.0952. The van der Waals surface area contributed by atoms with Crippen LogP contribution in [-0.4, -0.2) is 20.6 Å². The summed E-state index contributed by atoms with van der Waals surface area (Å²) in [5, 5.41) is 21.9. The highest BCUT2D eigenvalue weighted by atomic mass is 32.1. The third-order valence-electron chi connectivity index (χ3n) is 4.39. The van der Waals surface area contributed by atoms with Gasteiger partial charge in [0, 0.05) is 40.2 Å². The van der Waals surface area contributed by atoms with Crippen molar-refractivity contribution < 1.29 is 9.90 Å². The average molecular weight is 373 g/mol. The minimum Gasteiger partial charge on any atom is -0.478 e. The van der Waals surface area contributed by atoms with Gasteiger partial charge >= 0.3 is 5.97 Å². The Labute approximate surface area is 159 Å². The molecule has 0 radical (unpaired) electrons. The number of benzene rings is 2. The molecule has 0 unspecified atom stereocenters. The van der Waals surface area contributed by atoms with E-state index in [1.165, 1.54) is 11.3 Å². The molecule has 4 aromatic rings. The van der Waals surface area contributed by atoms with Gasteiger partial charge in [-0.15, -0.1) is 11.3 Å². The van der Waals surface area contributed by atoms with Crippen LogP contribution in [0.25, 0.3) is 32.7 Å². The van der Waals surface area contributed by atoms with Crippen LogP contribution in [0.4, 0.5) is 0 Å². The molecule has 1 N–H and O–H groups in total. The van der Waals surface area contributed by atoms with E-state index in [-0.39, 0.29) is 5.56 Å². The largest absolute Gasteiger partial charge is 0.478 e. The second-order valence-electron chi connectivity index (χ2n) is 6.09. The van der Waals surface area contributed by atoms with Gasteiger partial charge in [0.05, 0.1) is 23.7 Å². The van der Waals surface area contributed by atoms with E-state index >= 15 is 0 Å². The van der Waals surface area contributed by atoms with E-state index in [2.05, 4.69) is 16.7 Å². The van der Waals surface area contributed by atoms with Crippen molar-refractivity contribution in [3.8, 4) is 27.9 Å². The molecule has 4 rings (SSSR count). The third-order valence-corrected chi connectivity index (χ3v) is 5.28. The fourth-order valence-electron chi connectivity index (χ4n) is 3.12. The number of fused-ring (bicyclic) bond motifs is 1. The van der Waals surface area contributed by atoms with Gasteiger partial charge in [0.15, 0.2) is 0 Å². The summed E-state index contributed by atoms with van der Waals surface area (Å²) in [5.74, 6) is -0.950. The molecule has 0 saturated heterocycles. The molecular formula is C21H15N3O2S. The number of thiazole rings is 1. The van der Waals surface area contributed by atoms with Crippen molar-refractivity contribution in [1.29, 1.82) is 5.26 Å². The number of carbonyl (C=O) groups is 1. The summed E-state index contributed by atoms with van der Waals surface area (Å²) >= 11 is 1.49. The summed E-state index contributed by atoms with van der Waals surface area (Å²) in [5.41, 5.74) is 3.98. The normalized spacial score (nSPS) is 10.8. The Morgan fingerprint density at radius 2 is 2.07 bits per heavy atom. The molecule has 2 aromatic heterocycles. The van der Waals surface area contributed by atoms with Gasteiger partial charge in [-0.25, -0.2) is 9.78 Å². The second kappa shape index (κ2) is 7.06. The van der Waals surface area contributed by atoms with Crippen molar-refractivity contribution in [2.45, 2.75) is 13.0 Å². The number of carboxylic acid groups (broad SMARTS) is 1. The molecule has 0 spiro atoms. The zero-order valence-electron chi connectivity index (χ0n) is 14.3. The van der Waals surface area contributed by atoms with E-state index in [9.17, 15) is 9.90 Å². The summed E-state index contributed by atoms with van der Waals surface area (Å²) in [6.45, 7) is 0.634. The first kappa shape index (κ1) is 17.0. The Hall–Kier alpha value is -3.43. The van der Waals surface area contributed by atoms with E-state index in [0.29, 0.717) is 13.0 Å². The van der Waals surface area contributed by atoms with Crippen molar-refractivity contribution in [3.05, 3.63) is 65.7 Å². The maximum Gasteiger partial charge on any atom is 0.335 e. The maximum absolute atomic E-state index is 11.2. The molecule has 2 heterocycles. The van der Waals surface area contributed by atoms with Crippen LogP contribution >= 0.6 is 11.3 Å². The monoisotopic (exact) mass is 373 g/mol. The molecule has 0 aliphatic carbocycles. The first-order valence-corrected chi connectivity index (χ1v) is 9.30. The number of rotatable bonds is 5. The molecule has 5 nitrogen and oxygen atoms in total. The number of hydrogen-bond acceptors (Lipinski definition) is 4. The molecule has 6 heteroatoms. The molecule has 0 atom stereocenters. The number of nitrogens with zero attached hydrogens (tertiary/aromatic N) is 3. The number of aryl methyl sites for hydroxylation is 1. The zero-order valence-corrected chi connectivity index (χ0v) is 15.1. The Morgan fingerprint density at radius 1 is 1.22 bits per heavy atom. The van der Waals surface area contributed by atoms with E-state index in [1.54, 1.807) is 18.2 Å². The van der Waals surface area contributed by atoms with Gasteiger partial charge in [-0.05, 0) is 18.2 Å². The highest BCUT2D eigenvalue weighted by Crippen LogP contribution is 2.34. The highest BCUT2D eigenvalue weighted by Gasteiger charge is 2.14. The van der Waals surface area contributed by atoms with Gasteiger partial charge in [0.25, 0.3) is 0 Å². The molecule has 0 aliphatic heterocycles. The van der Waals surface area contributed by atoms with E-state index < -0.39 is 5.97 Å². The lowest BCUT2D eigenvalue weighted by Crippen LogP contribution is -1.95. The molecule has 0 aliphatic rings. The van der Waals surface area contributed by atoms with Gasteiger partial charge < -0.3 is 9.67 Å². The molecule has 0 fully saturated rings. The van der Waals surface area contributed by atoms with E-state index in [1.807, 2.05) is 35.8 Å². The Bertz CT molecular complexity index is 1180. The molecule has 0 amide bonds. The minimum atomic E-state index is -0.950. The van der Waals surface area contributed by atoms with Crippen molar-refractivity contribution >= 4 is 28.2 Å². The number of carboxylic acids is 1. The second-order valence-corrected chi connectivity index (χ2v) is 6.94. The molecular weight excluding hydrogens is 358 g/mol. The summed E-state index contributed by atoms with van der Waals surface area (Å²) in [6.07, 6.45) is 2.48. The van der Waals surface area contributed by atoms with Crippen molar-refractivity contribution in [3.63, 3.8) is 0 Å². The first-order valence-electron chi connectivity index (χ1n) is 8.42. The van der Waals surface area contributed by atoms with Crippen LogP contribution in [0, 0.1) is 11.3 Å². The SMILES string of the molecule is N#CCCn1cc(-c2csc(-c3cccc(C(=O)O)c3)n2)c2ccccc21. The Morgan fingerprint density at radius 3 is 2.89 bits per heavy atom. The minimum absolute atomic E-state index is 0.248. The van der Waals surface area contributed by atoms with Crippen molar-refractivity contribution in [2.24, 2.45) is 0 Å². The lowest BCUT2D eigenvalue weighted by atomic mass is 10.1. The predicted molar refractivity (Wildman–Crippen MR) is 106 cm³/mol. The number of aromatic nitrogens is 2. The van der Waals surface area contributed by atoms with E-state index in [4.69, 9.17) is 10.2 Å².